The lowest BCUT2D eigenvalue weighted by Gasteiger charge is -2.64. The summed E-state index contributed by atoms with van der Waals surface area (Å²) in [7, 11) is 0. The highest BCUT2D eigenvalue weighted by Crippen LogP contribution is 2.69. The monoisotopic (exact) mass is 688 g/mol. The van der Waals surface area contributed by atoms with Gasteiger partial charge in [0.05, 0.1) is 12.2 Å². The van der Waals surface area contributed by atoms with Crippen molar-refractivity contribution < 1.29 is 9.47 Å². The first-order valence-corrected chi connectivity index (χ1v) is 22.3. The lowest BCUT2D eigenvalue weighted by atomic mass is 9.43. The van der Waals surface area contributed by atoms with Crippen LogP contribution in [0.3, 0.4) is 0 Å². The van der Waals surface area contributed by atoms with Gasteiger partial charge in [-0.3, -0.25) is 0 Å². The summed E-state index contributed by atoms with van der Waals surface area (Å²) in [4.78, 5) is 0. The van der Waals surface area contributed by atoms with E-state index in [1.165, 1.54) is 154 Å². The molecule has 4 aliphatic rings. The zero-order valence-corrected chi connectivity index (χ0v) is 33.3. The van der Waals surface area contributed by atoms with E-state index in [-0.39, 0.29) is 5.41 Å². The third-order valence-electron chi connectivity index (χ3n) is 15.0. The van der Waals surface area contributed by atoms with Crippen LogP contribution in [0.5, 0.6) is 0 Å². The van der Waals surface area contributed by atoms with Crippen LogP contribution in [0.4, 0.5) is 0 Å². The molecule has 4 fully saturated rings. The summed E-state index contributed by atoms with van der Waals surface area (Å²) in [6.07, 6.45) is 33.3. The number of nitrogens with two attached hydrogens (primary N) is 2. The third kappa shape index (κ3) is 11.2. The van der Waals surface area contributed by atoms with Crippen LogP contribution in [0, 0.1) is 46.3 Å². The van der Waals surface area contributed by atoms with Crippen LogP contribution in [0.15, 0.2) is 0 Å². The molecule has 0 aromatic carbocycles. The van der Waals surface area contributed by atoms with Gasteiger partial charge in [-0.05, 0) is 138 Å². The summed E-state index contributed by atoms with van der Waals surface area (Å²) in [6, 6.07) is 0. The minimum atomic E-state index is 0.227. The van der Waals surface area contributed by atoms with Gasteiger partial charge in [-0.15, -0.1) is 0 Å². The Morgan fingerprint density at radius 2 is 1.33 bits per heavy atom. The second-order valence-corrected chi connectivity index (χ2v) is 18.1. The first-order valence-electron chi connectivity index (χ1n) is 22.3. The number of nitrogens with one attached hydrogen (secondary N) is 1. The van der Waals surface area contributed by atoms with Crippen molar-refractivity contribution in [2.45, 2.75) is 194 Å². The molecule has 0 aromatic rings. The van der Waals surface area contributed by atoms with Crippen LogP contribution in [0.25, 0.3) is 0 Å². The fraction of sp³-hybridized carbons (Fsp3) is 1.00. The van der Waals surface area contributed by atoms with Crippen LogP contribution in [-0.2, 0) is 9.47 Å². The third-order valence-corrected chi connectivity index (χ3v) is 15.0. The lowest BCUT2D eigenvalue weighted by molar-refractivity contribution is -0.221. The molecule has 0 saturated heterocycles. The molecule has 0 heterocycles. The SMILES string of the molecule is CCCCCCCCCCCCCCNCCC[C@@H](C)C1CC[C@H]2C3[C@H](OCCCN)CC4CCCCC4(C)[C@H]3C[C@H](OCCCN)C12C. The number of ether oxygens (including phenoxy) is 2. The van der Waals surface area contributed by atoms with Crippen LogP contribution in [0.1, 0.15) is 182 Å². The van der Waals surface area contributed by atoms with Crippen LogP contribution in [0.2, 0.25) is 0 Å². The molecule has 4 aliphatic carbocycles. The number of hydrogen-bond donors (Lipinski definition) is 3. The molecular weight excluding hydrogens is 603 g/mol. The molecule has 0 bridgehead atoms. The molecule has 0 amide bonds. The smallest absolute Gasteiger partial charge is 0.0637 e. The molecule has 5 heteroatoms. The maximum Gasteiger partial charge on any atom is 0.0637 e. The summed E-state index contributed by atoms with van der Waals surface area (Å²) in [5, 5.41) is 3.81. The van der Waals surface area contributed by atoms with E-state index < -0.39 is 0 Å². The second kappa shape index (κ2) is 22.1. The summed E-state index contributed by atoms with van der Waals surface area (Å²) in [6.45, 7) is 15.7. The van der Waals surface area contributed by atoms with Gasteiger partial charge in [0.25, 0.3) is 0 Å². The molecule has 0 aliphatic heterocycles. The Morgan fingerprint density at radius 3 is 2.00 bits per heavy atom. The van der Waals surface area contributed by atoms with E-state index in [2.05, 4.69) is 33.0 Å². The van der Waals surface area contributed by atoms with E-state index in [1.54, 1.807) is 0 Å². The van der Waals surface area contributed by atoms with Crippen molar-refractivity contribution in [3.05, 3.63) is 0 Å². The zero-order chi connectivity index (χ0) is 35.0. The van der Waals surface area contributed by atoms with Gasteiger partial charge in [-0.1, -0.05) is 111 Å². The minimum absolute atomic E-state index is 0.227. The molecule has 5 N–H and O–H groups in total. The predicted octanol–water partition coefficient (Wildman–Crippen LogP) is 10.4. The van der Waals surface area contributed by atoms with E-state index in [9.17, 15) is 0 Å². The molecule has 4 saturated carbocycles. The molecular formula is C44H85N3O2. The van der Waals surface area contributed by atoms with E-state index >= 15 is 0 Å². The Morgan fingerprint density at radius 1 is 0.694 bits per heavy atom. The quantitative estimate of drug-likeness (QED) is 0.0789. The maximum atomic E-state index is 7.01. The Bertz CT molecular complexity index is 871. The Balaban J connectivity index is 1.26. The van der Waals surface area contributed by atoms with E-state index in [0.29, 0.717) is 35.4 Å². The average molecular weight is 688 g/mol. The summed E-state index contributed by atoms with van der Waals surface area (Å²) in [5.74, 6) is 4.36. The van der Waals surface area contributed by atoms with Gasteiger partial charge in [0.1, 0.15) is 0 Å². The number of fused-ring (bicyclic) bond motifs is 5. The molecule has 0 radical (unpaired) electrons. The molecule has 49 heavy (non-hydrogen) atoms. The van der Waals surface area contributed by atoms with Crippen LogP contribution in [-0.4, -0.2) is 51.6 Å². The first-order chi connectivity index (χ1) is 23.9. The summed E-state index contributed by atoms with van der Waals surface area (Å²) >= 11 is 0. The van der Waals surface area contributed by atoms with Crippen molar-refractivity contribution in [1.82, 2.24) is 5.32 Å². The topological polar surface area (TPSA) is 82.5 Å². The minimum Gasteiger partial charge on any atom is -0.378 e. The van der Waals surface area contributed by atoms with Gasteiger partial charge in [-0.2, -0.15) is 0 Å². The average Bonchev–Trinajstić information content (AvgIpc) is 3.46. The van der Waals surface area contributed by atoms with Crippen LogP contribution >= 0.6 is 0 Å². The van der Waals surface area contributed by atoms with E-state index in [1.807, 2.05) is 0 Å². The summed E-state index contributed by atoms with van der Waals surface area (Å²) < 4.78 is 13.9. The molecule has 4 rings (SSSR count). The maximum absolute atomic E-state index is 7.01. The Kier molecular flexibility index (Phi) is 18.8. The normalized spacial score (nSPS) is 34.8. The highest BCUT2D eigenvalue weighted by Gasteiger charge is 2.66. The summed E-state index contributed by atoms with van der Waals surface area (Å²) in [5.41, 5.74) is 12.6. The number of unbranched alkanes of at least 4 members (excludes halogenated alkanes) is 11. The molecule has 0 aromatic heterocycles. The standard InChI is InChI=1S/C44H85N3O2/c1-5-6-7-8-9-10-11-12-13-14-15-18-29-47-30-19-22-35(2)37-24-25-38-42-39(34-41(44(37,38)4)49-32-21-28-46)43(3)26-17-16-23-36(43)33-40(42)48-31-20-27-45/h35-42,47H,5-34,45-46H2,1-4H3/t35-,36?,37?,38+,39+,40-,41+,42?,43?,44?/m1/s1. The Hall–Kier alpha value is -0.200. The van der Waals surface area contributed by atoms with E-state index in [4.69, 9.17) is 20.9 Å². The first kappa shape index (κ1) is 41.6. The highest BCUT2D eigenvalue weighted by molar-refractivity contribution is 5.14. The fourth-order valence-electron chi connectivity index (χ4n) is 12.2. The number of hydrogen-bond acceptors (Lipinski definition) is 5. The van der Waals surface area contributed by atoms with Crippen molar-refractivity contribution in [2.75, 3.05) is 39.4 Å². The van der Waals surface area contributed by atoms with Gasteiger partial charge in [-0.25, -0.2) is 0 Å². The molecule has 0 spiro atoms. The van der Waals surface area contributed by atoms with Crippen LogP contribution < -0.4 is 16.8 Å². The largest absolute Gasteiger partial charge is 0.378 e. The fourth-order valence-corrected chi connectivity index (χ4v) is 12.2. The van der Waals surface area contributed by atoms with Gasteiger partial charge in [0.15, 0.2) is 0 Å². The van der Waals surface area contributed by atoms with Crippen molar-refractivity contribution in [1.29, 1.82) is 0 Å². The van der Waals surface area contributed by atoms with Gasteiger partial charge >= 0.3 is 0 Å². The van der Waals surface area contributed by atoms with Crippen molar-refractivity contribution in [2.24, 2.45) is 57.8 Å². The van der Waals surface area contributed by atoms with Gasteiger partial charge < -0.3 is 26.3 Å². The molecule has 288 valence electrons. The van der Waals surface area contributed by atoms with Crippen molar-refractivity contribution >= 4 is 0 Å². The predicted molar refractivity (Wildman–Crippen MR) is 210 cm³/mol. The zero-order valence-electron chi connectivity index (χ0n) is 33.3. The molecule has 5 unspecified atom stereocenters. The lowest BCUT2D eigenvalue weighted by Crippen LogP contribution is -2.62. The molecule has 10 atom stereocenters. The van der Waals surface area contributed by atoms with E-state index in [0.717, 1.165) is 56.9 Å². The van der Waals surface area contributed by atoms with Crippen molar-refractivity contribution in [3.8, 4) is 0 Å². The Labute approximate surface area is 305 Å². The highest BCUT2D eigenvalue weighted by atomic mass is 16.5. The van der Waals surface area contributed by atoms with Gasteiger partial charge in [0.2, 0.25) is 0 Å². The second-order valence-electron chi connectivity index (χ2n) is 18.1. The van der Waals surface area contributed by atoms with Gasteiger partial charge in [0, 0.05) is 18.6 Å². The number of rotatable bonds is 26. The van der Waals surface area contributed by atoms with Crippen molar-refractivity contribution in [3.63, 3.8) is 0 Å². The molecule has 5 nitrogen and oxygen atoms in total.